The van der Waals surface area contributed by atoms with Gasteiger partial charge in [0.25, 0.3) is 23.2 Å². The van der Waals surface area contributed by atoms with E-state index in [2.05, 4.69) is 32.3 Å². The SMILES string of the molecule is O=C(NNC(=S)Nc1ccc([N+](=O)[O-])cc1)[C@@H]1CCCN1C(=O)[C]1[CH][CH][CH][CH]1.O=C(NNC(=S)Nc1ccc([N+](=O)[O-])cc1)[C@@H]1CCCN1C(=O)[C]1[CH][CH][CH][CH]1.[Fe+2]. The summed E-state index contributed by atoms with van der Waals surface area (Å²) >= 11 is 10.2. The van der Waals surface area contributed by atoms with Crippen molar-refractivity contribution in [2.45, 2.75) is 37.8 Å². The van der Waals surface area contributed by atoms with Crippen LogP contribution >= 0.6 is 24.4 Å². The maximum Gasteiger partial charge on any atom is 2.00 e. The first-order chi connectivity index (χ1) is 26.9. The molecule has 296 valence electrons. The normalized spacial score (nSPS) is 18.9. The van der Waals surface area contributed by atoms with Crippen molar-refractivity contribution in [3.05, 3.63) is 132 Å². The maximum atomic E-state index is 12.5. The molecule has 2 atom stereocenters. The second-order valence-electron chi connectivity index (χ2n) is 12.4. The van der Waals surface area contributed by atoms with E-state index < -0.39 is 21.9 Å². The van der Waals surface area contributed by atoms with Crippen LogP contribution in [0.2, 0.25) is 0 Å². The molecule has 4 aliphatic rings. The quantitative estimate of drug-likeness (QED) is 0.0971. The Morgan fingerprint density at radius 1 is 0.579 bits per heavy atom. The first-order valence-corrected chi connectivity index (χ1v) is 18.0. The fourth-order valence-corrected chi connectivity index (χ4v) is 6.33. The Bertz CT molecular complexity index is 1660. The van der Waals surface area contributed by atoms with Crippen LogP contribution in [0.25, 0.3) is 0 Å². The molecule has 2 aliphatic heterocycles. The van der Waals surface area contributed by atoms with Crippen LogP contribution in [-0.2, 0) is 36.2 Å². The summed E-state index contributed by atoms with van der Waals surface area (Å²) in [7, 11) is 0. The second-order valence-corrected chi connectivity index (χ2v) is 13.2. The number of non-ortho nitro benzene ring substituents is 2. The van der Waals surface area contributed by atoms with Crippen LogP contribution in [0.3, 0.4) is 0 Å². The number of amides is 4. The summed E-state index contributed by atoms with van der Waals surface area (Å²) in [6, 6.07) is 10.2. The van der Waals surface area contributed by atoms with E-state index >= 15 is 0 Å². The Labute approximate surface area is 350 Å². The van der Waals surface area contributed by atoms with E-state index in [0.717, 1.165) is 12.8 Å². The molecule has 2 aliphatic carbocycles. The van der Waals surface area contributed by atoms with E-state index in [1.54, 1.807) is 61.2 Å². The molecular formula is C36H36FeN10O8S2+2. The van der Waals surface area contributed by atoms with Gasteiger partial charge >= 0.3 is 17.1 Å². The monoisotopic (exact) mass is 856 g/mol. The van der Waals surface area contributed by atoms with Crippen LogP contribution in [-0.4, -0.2) is 78.7 Å². The van der Waals surface area contributed by atoms with Crippen molar-refractivity contribution >= 4 is 81.0 Å². The molecule has 0 aromatic heterocycles. The standard InChI is InChI=1S/2C18H18N5O4S.Fe/c2*24-16(15-6-3-11-22(15)17(25)12-4-1-2-5-12)20-21-18(28)19-13-7-9-14(10-8-13)23(26)27;/h2*1-2,4-5,7-10,15H,3,6,11H2,(H,20,24)(H2,19,21,28);/q;;+2/t2*15-;/m00./s1. The van der Waals surface area contributed by atoms with Crippen LogP contribution in [0.5, 0.6) is 0 Å². The van der Waals surface area contributed by atoms with Crippen molar-refractivity contribution < 1.29 is 46.1 Å². The molecule has 2 heterocycles. The van der Waals surface area contributed by atoms with Crippen LogP contribution < -0.4 is 32.3 Å². The first-order valence-electron chi connectivity index (χ1n) is 17.2. The molecule has 4 fully saturated rings. The number of benzene rings is 2. The molecule has 57 heavy (non-hydrogen) atoms. The summed E-state index contributed by atoms with van der Waals surface area (Å²) in [6.07, 6.45) is 16.6. The zero-order valence-electron chi connectivity index (χ0n) is 29.9. The summed E-state index contributed by atoms with van der Waals surface area (Å²) in [5, 5.41) is 27.2. The number of rotatable bonds is 8. The third kappa shape index (κ3) is 12.5. The van der Waals surface area contributed by atoms with Crippen LogP contribution in [0.1, 0.15) is 25.7 Å². The first kappa shape index (κ1) is 44.7. The molecule has 10 radical (unpaired) electrons. The number of nitro groups is 2. The summed E-state index contributed by atoms with van der Waals surface area (Å²) in [6.45, 7) is 1.04. The van der Waals surface area contributed by atoms with Gasteiger partial charge in [0.05, 0.1) is 21.7 Å². The fraction of sp³-hybridized carbons (Fsp3) is 0.222. The number of anilines is 2. The summed E-state index contributed by atoms with van der Waals surface area (Å²) in [4.78, 5) is 73.4. The fourth-order valence-electron chi connectivity index (χ4n) is 5.99. The smallest absolute Gasteiger partial charge is 0.331 e. The topological polar surface area (TPSA) is 233 Å². The van der Waals surface area contributed by atoms with Gasteiger partial charge in [0, 0.05) is 48.7 Å². The van der Waals surface area contributed by atoms with Gasteiger partial charge in [-0.05, 0) is 126 Å². The van der Waals surface area contributed by atoms with E-state index in [1.807, 2.05) is 0 Å². The minimum Gasteiger partial charge on any atom is -0.331 e. The number of carbonyl (C=O) groups excluding carboxylic acids is 4. The van der Waals surface area contributed by atoms with Gasteiger partial charge in [-0.1, -0.05) is 0 Å². The minimum atomic E-state index is -0.572. The van der Waals surface area contributed by atoms with E-state index in [9.17, 15) is 39.4 Å². The molecule has 6 rings (SSSR count). The van der Waals surface area contributed by atoms with Crippen molar-refractivity contribution in [1.29, 1.82) is 0 Å². The molecule has 2 saturated heterocycles. The van der Waals surface area contributed by atoms with Gasteiger partial charge in [0.1, 0.15) is 12.1 Å². The van der Waals surface area contributed by atoms with Gasteiger partial charge in [-0.3, -0.25) is 61.1 Å². The summed E-state index contributed by atoms with van der Waals surface area (Å²) < 4.78 is 0. The number of hydrogen-bond acceptors (Lipinski definition) is 10. The zero-order chi connectivity index (χ0) is 40.2. The number of nitrogens with zero attached hydrogens (tertiary/aromatic N) is 4. The van der Waals surface area contributed by atoms with Gasteiger partial charge in [0.2, 0.25) is 11.8 Å². The van der Waals surface area contributed by atoms with Crippen molar-refractivity contribution in [2.75, 3.05) is 23.7 Å². The van der Waals surface area contributed by atoms with E-state index in [-0.39, 0.29) is 62.3 Å². The Balaban J connectivity index is 0.000000248. The van der Waals surface area contributed by atoms with Crippen molar-refractivity contribution in [2.24, 2.45) is 0 Å². The third-order valence-corrected chi connectivity index (χ3v) is 9.13. The van der Waals surface area contributed by atoms with Crippen molar-refractivity contribution in [3.8, 4) is 0 Å². The van der Waals surface area contributed by atoms with Gasteiger partial charge in [-0.25, -0.2) is 0 Å². The number of hydrogen-bond donors (Lipinski definition) is 6. The van der Waals surface area contributed by atoms with Crippen LogP contribution in [0.4, 0.5) is 22.7 Å². The predicted octanol–water partition coefficient (Wildman–Crippen LogP) is 2.61. The maximum absolute atomic E-state index is 12.5. The van der Waals surface area contributed by atoms with Gasteiger partial charge in [0.15, 0.2) is 10.2 Å². The van der Waals surface area contributed by atoms with E-state index in [4.69, 9.17) is 24.4 Å². The molecule has 6 N–H and O–H groups in total. The third-order valence-electron chi connectivity index (χ3n) is 8.72. The van der Waals surface area contributed by atoms with Crippen molar-refractivity contribution in [3.63, 3.8) is 0 Å². The van der Waals surface area contributed by atoms with Crippen molar-refractivity contribution in [1.82, 2.24) is 31.5 Å². The van der Waals surface area contributed by atoms with Gasteiger partial charge in [-0.15, -0.1) is 0 Å². The molecule has 0 bridgehead atoms. The Hall–Kier alpha value is -4.98. The molecule has 4 amide bonds. The number of carbonyl (C=O) groups is 4. The molecule has 0 unspecified atom stereocenters. The molecule has 2 saturated carbocycles. The zero-order valence-corrected chi connectivity index (χ0v) is 32.6. The average molecular weight is 857 g/mol. The predicted molar refractivity (Wildman–Crippen MR) is 212 cm³/mol. The molecule has 2 aromatic carbocycles. The number of thiocarbonyl (C=S) groups is 2. The molecule has 21 heteroatoms. The number of nitro benzene ring substituents is 2. The second kappa shape index (κ2) is 21.5. The van der Waals surface area contributed by atoms with Gasteiger partial charge < -0.3 is 20.4 Å². The van der Waals surface area contributed by atoms with Crippen LogP contribution in [0, 0.1) is 83.4 Å². The molecule has 2 aromatic rings. The summed E-state index contributed by atoms with van der Waals surface area (Å²) in [5.74, 6) is 0.0602. The molecule has 0 spiro atoms. The summed E-state index contributed by atoms with van der Waals surface area (Å²) in [5.41, 5.74) is 11.2. The molecular weight excluding hydrogens is 820 g/mol. The molecule has 18 nitrogen and oxygen atoms in total. The number of nitrogens with one attached hydrogen (secondary N) is 6. The Morgan fingerprint density at radius 3 is 1.23 bits per heavy atom. The van der Waals surface area contributed by atoms with Gasteiger partial charge in [-0.2, -0.15) is 0 Å². The van der Waals surface area contributed by atoms with E-state index in [1.165, 1.54) is 48.5 Å². The largest absolute Gasteiger partial charge is 2.00 e. The van der Waals surface area contributed by atoms with Crippen LogP contribution in [0.15, 0.2) is 48.5 Å². The minimum absolute atomic E-state index is 0. The number of hydrazine groups is 2. The Kier molecular flexibility index (Phi) is 16.9. The van der Waals surface area contributed by atoms with E-state index in [0.29, 0.717) is 49.1 Å². The number of likely N-dealkylation sites (tertiary alicyclic amines) is 2. The average Bonchev–Trinajstić information content (AvgIpc) is 4.04. The Morgan fingerprint density at radius 2 is 0.912 bits per heavy atom.